The Balaban J connectivity index is 0.00000261. The van der Waals surface area contributed by atoms with Crippen LogP contribution in [0.5, 0.6) is 0 Å². The summed E-state index contributed by atoms with van der Waals surface area (Å²) >= 11 is 5.79. The topological polar surface area (TPSA) is 124 Å². The minimum atomic E-state index is -1.55. The van der Waals surface area contributed by atoms with E-state index < -0.39 is 17.9 Å². The van der Waals surface area contributed by atoms with Gasteiger partial charge >= 0.3 is 35.6 Å². The molecule has 0 saturated carbocycles. The number of carbonyl (C=O) groups is 3. The van der Waals surface area contributed by atoms with Gasteiger partial charge in [0.2, 0.25) is 0 Å². The maximum atomic E-state index is 12.2. The van der Waals surface area contributed by atoms with Crippen LogP contribution >= 0.6 is 11.6 Å². The third-order valence-electron chi connectivity index (χ3n) is 3.42. The molecule has 0 bridgehead atoms. The Hall–Kier alpha value is -2.52. The molecule has 2 N–H and O–H groups in total. The fourth-order valence-electron chi connectivity index (χ4n) is 2.27. The number of amides is 3. The van der Waals surface area contributed by atoms with Crippen LogP contribution in [0.3, 0.4) is 0 Å². The number of hydrogen-bond acceptors (Lipinski definition) is 6. The Morgan fingerprint density at radius 1 is 1.00 bits per heavy atom. The predicted molar refractivity (Wildman–Crippen MR) is 91.8 cm³/mol. The quantitative estimate of drug-likeness (QED) is 0.529. The Morgan fingerprint density at radius 2 is 1.70 bits per heavy atom. The molecule has 8 nitrogen and oxygen atoms in total. The first-order valence-corrected chi connectivity index (χ1v) is 7.66. The van der Waals surface area contributed by atoms with Crippen molar-refractivity contribution in [1.82, 2.24) is 15.3 Å². The second kappa shape index (κ2) is 8.92. The van der Waals surface area contributed by atoms with Gasteiger partial charge in [0.15, 0.2) is 0 Å². The van der Waals surface area contributed by atoms with E-state index in [1.807, 2.05) is 0 Å². The van der Waals surface area contributed by atoms with Gasteiger partial charge < -0.3 is 15.2 Å². The molecular weight excluding hydrogens is 383 g/mol. The Labute approximate surface area is 180 Å². The first kappa shape index (κ1) is 20.8. The summed E-state index contributed by atoms with van der Waals surface area (Å²) < 4.78 is 0. The minimum absolute atomic E-state index is 0. The number of carboxylic acids is 1. The van der Waals surface area contributed by atoms with Crippen LogP contribution in [0.4, 0.5) is 10.5 Å². The Morgan fingerprint density at radius 3 is 2.41 bits per heavy atom. The van der Waals surface area contributed by atoms with Crippen molar-refractivity contribution in [2.45, 2.75) is 0 Å². The molecule has 3 amide bonds. The van der Waals surface area contributed by atoms with E-state index >= 15 is 0 Å². The summed E-state index contributed by atoms with van der Waals surface area (Å²) in [6, 6.07) is 7.78. The number of halogens is 1. The maximum Gasteiger partial charge on any atom is 1.00 e. The number of rotatable bonds is 3. The number of aromatic nitrogens is 2. The van der Waals surface area contributed by atoms with Crippen LogP contribution < -0.4 is 45.3 Å². The van der Waals surface area contributed by atoms with E-state index in [4.69, 9.17) is 11.6 Å². The number of nitrogens with one attached hydrogen (secondary N) is 2. The number of carboxylic acid groups (broad SMARTS) is 1. The van der Waals surface area contributed by atoms with Crippen molar-refractivity contribution >= 4 is 46.2 Å². The zero-order valence-electron chi connectivity index (χ0n) is 14.0. The van der Waals surface area contributed by atoms with E-state index in [0.29, 0.717) is 11.0 Å². The Kier molecular flexibility index (Phi) is 6.86. The minimum Gasteiger partial charge on any atom is -0.545 e. The van der Waals surface area contributed by atoms with Crippen LogP contribution in [0.15, 0.2) is 48.8 Å². The fourth-order valence-corrected chi connectivity index (χ4v) is 2.52. The molecule has 0 aliphatic rings. The van der Waals surface area contributed by atoms with Gasteiger partial charge in [-0.1, -0.05) is 17.7 Å². The summed E-state index contributed by atoms with van der Waals surface area (Å²) in [5.41, 5.74) is 0.824. The number of fused-ring (bicyclic) bond motifs is 1. The van der Waals surface area contributed by atoms with E-state index in [9.17, 15) is 19.5 Å². The molecule has 0 aliphatic carbocycles. The van der Waals surface area contributed by atoms with Crippen LogP contribution in [0, 0.1) is 0 Å². The van der Waals surface area contributed by atoms with Gasteiger partial charge in [0.25, 0.3) is 5.91 Å². The van der Waals surface area contributed by atoms with Gasteiger partial charge in [-0.25, -0.2) is 4.79 Å². The predicted octanol–water partition coefficient (Wildman–Crippen LogP) is -1.39. The molecule has 10 heteroatoms. The van der Waals surface area contributed by atoms with E-state index in [-0.39, 0.29) is 51.4 Å². The van der Waals surface area contributed by atoms with Gasteiger partial charge in [-0.2, -0.15) is 0 Å². The van der Waals surface area contributed by atoms with E-state index in [1.165, 1.54) is 42.7 Å². The molecule has 1 heterocycles. The number of nitrogens with zero attached hydrogens (tertiary/aromatic N) is 2. The van der Waals surface area contributed by atoms with Gasteiger partial charge in [-0.15, -0.1) is 0 Å². The normalized spacial score (nSPS) is 9.96. The summed E-state index contributed by atoms with van der Waals surface area (Å²) in [5, 5.41) is 15.4. The summed E-state index contributed by atoms with van der Waals surface area (Å²) in [4.78, 5) is 43.5. The fraction of sp³-hybridized carbons (Fsp3) is 0. The van der Waals surface area contributed by atoms with Crippen LogP contribution in [0.25, 0.3) is 11.0 Å². The van der Waals surface area contributed by atoms with Crippen LogP contribution in [0.1, 0.15) is 20.7 Å². The monoisotopic (exact) mass is 392 g/mol. The van der Waals surface area contributed by atoms with Crippen molar-refractivity contribution in [3.8, 4) is 0 Å². The second-order valence-corrected chi connectivity index (χ2v) is 5.53. The average Bonchev–Trinajstić information content (AvgIpc) is 2.60. The molecule has 27 heavy (non-hydrogen) atoms. The molecule has 2 aromatic carbocycles. The summed E-state index contributed by atoms with van der Waals surface area (Å²) in [5.74, 6) is -2.24. The smallest absolute Gasteiger partial charge is 0.545 e. The molecule has 0 spiro atoms. The van der Waals surface area contributed by atoms with Crippen LogP contribution in [-0.4, -0.2) is 27.9 Å². The maximum absolute atomic E-state index is 12.2. The van der Waals surface area contributed by atoms with E-state index in [2.05, 4.69) is 20.6 Å². The Bertz CT molecular complexity index is 1040. The van der Waals surface area contributed by atoms with Gasteiger partial charge in [-0.05, 0) is 30.3 Å². The first-order valence-electron chi connectivity index (χ1n) is 7.28. The zero-order chi connectivity index (χ0) is 18.7. The standard InChI is InChI=1S/C17H11ClN4O4.Na/c18-10-2-1-3-12(14(10)16(24)25)21-17(26)22-15(23)9-4-5-11-13(8-9)20-7-6-19-11;/h1-8H,(H,24,25)(H2,21,22,23,26);/q;+1/p-1. The zero-order valence-corrected chi connectivity index (χ0v) is 16.8. The largest absolute Gasteiger partial charge is 1.00 e. The van der Waals surface area contributed by atoms with E-state index in [1.54, 1.807) is 6.07 Å². The van der Waals surface area contributed by atoms with Crippen molar-refractivity contribution in [3.05, 3.63) is 64.9 Å². The van der Waals surface area contributed by atoms with Crippen LogP contribution in [0.2, 0.25) is 5.02 Å². The van der Waals surface area contributed by atoms with Crippen molar-refractivity contribution in [2.75, 3.05) is 5.32 Å². The van der Waals surface area contributed by atoms with Crippen molar-refractivity contribution in [3.63, 3.8) is 0 Å². The molecule has 130 valence electrons. The second-order valence-electron chi connectivity index (χ2n) is 5.12. The molecule has 3 aromatic rings. The summed E-state index contributed by atoms with van der Waals surface area (Å²) in [6.07, 6.45) is 3.01. The number of urea groups is 1. The third kappa shape index (κ3) is 4.81. The van der Waals surface area contributed by atoms with Gasteiger partial charge in [0.05, 0.1) is 27.7 Å². The van der Waals surface area contributed by atoms with E-state index in [0.717, 1.165) is 0 Å². The van der Waals surface area contributed by atoms with Gasteiger partial charge in [-0.3, -0.25) is 20.1 Å². The molecule has 0 saturated heterocycles. The number of carbonyl (C=O) groups excluding carboxylic acids is 3. The molecule has 0 radical (unpaired) electrons. The summed E-state index contributed by atoms with van der Waals surface area (Å²) in [6.45, 7) is 0. The first-order chi connectivity index (χ1) is 12.5. The van der Waals surface area contributed by atoms with Gasteiger partial charge in [0, 0.05) is 23.5 Å². The SMILES string of the molecule is O=C(NC(=O)c1ccc2nccnc2c1)Nc1cccc(Cl)c1C(=O)[O-].[Na+]. The number of benzene rings is 2. The molecule has 0 atom stereocenters. The van der Waals surface area contributed by atoms with Crippen molar-refractivity contribution in [1.29, 1.82) is 0 Å². The molecule has 0 aliphatic heterocycles. The molecule has 0 unspecified atom stereocenters. The van der Waals surface area contributed by atoms with Crippen molar-refractivity contribution < 1.29 is 49.0 Å². The van der Waals surface area contributed by atoms with Crippen LogP contribution in [-0.2, 0) is 0 Å². The third-order valence-corrected chi connectivity index (χ3v) is 3.74. The summed E-state index contributed by atoms with van der Waals surface area (Å²) in [7, 11) is 0. The average molecular weight is 393 g/mol. The molecule has 1 aromatic heterocycles. The number of hydrogen-bond donors (Lipinski definition) is 2. The number of anilines is 1. The molecular formula is C17H10ClN4NaO4. The number of aromatic carboxylic acids is 1. The number of imide groups is 1. The van der Waals surface area contributed by atoms with Crippen molar-refractivity contribution in [2.24, 2.45) is 0 Å². The van der Waals surface area contributed by atoms with Gasteiger partial charge in [0.1, 0.15) is 0 Å². The molecule has 3 rings (SSSR count). The molecule has 0 fully saturated rings.